The molecule has 0 atom stereocenters. The number of aromatic nitrogens is 1. The Bertz CT molecular complexity index is 1200. The third-order valence-electron chi connectivity index (χ3n) is 4.19. The van der Waals surface area contributed by atoms with E-state index >= 15 is 0 Å². The maximum absolute atomic E-state index is 13.0. The molecule has 0 N–H and O–H groups in total. The molecule has 3 rings (SSSR count). The Hall–Kier alpha value is -2.75. The summed E-state index contributed by atoms with van der Waals surface area (Å²) in [5.74, 6) is -0.0237. The summed E-state index contributed by atoms with van der Waals surface area (Å²) in [6.45, 7) is 5.93. The summed E-state index contributed by atoms with van der Waals surface area (Å²) in [6.07, 6.45) is 3.43. The molecule has 0 fully saturated rings. The lowest BCUT2D eigenvalue weighted by atomic mass is 9.91. The first kappa shape index (κ1) is 20.0. The summed E-state index contributed by atoms with van der Waals surface area (Å²) in [7, 11) is 0. The number of Topliss-reactive ketones (excluding diaryl/α,β-unsaturated/α-hetero) is 1. The van der Waals surface area contributed by atoms with Crippen molar-refractivity contribution in [2.45, 2.75) is 27.3 Å². The van der Waals surface area contributed by atoms with Crippen molar-refractivity contribution in [1.29, 1.82) is 5.26 Å². The molecule has 3 aromatic rings. The van der Waals surface area contributed by atoms with E-state index in [4.69, 9.17) is 5.26 Å². The van der Waals surface area contributed by atoms with Gasteiger partial charge in [0.25, 0.3) is 5.56 Å². The molecule has 0 aliphatic heterocycles. The smallest absolute Gasteiger partial charge is 0.269 e. The maximum Gasteiger partial charge on any atom is 0.269 e. The van der Waals surface area contributed by atoms with Gasteiger partial charge in [-0.2, -0.15) is 16.6 Å². The highest BCUT2D eigenvalue weighted by molar-refractivity contribution is 7.08. The average Bonchev–Trinajstić information content (AvgIpc) is 3.26. The Balaban J connectivity index is 2.14. The van der Waals surface area contributed by atoms with Gasteiger partial charge >= 0.3 is 0 Å². The van der Waals surface area contributed by atoms with E-state index in [1.807, 2.05) is 55.8 Å². The standard InChI is InChI=1S/C22H20N2O2S2/c1-22(2,3)19(25)11-20-24(13-16-6-4-15(12-23)5-7-16)21(26)18(28-20)10-17-8-9-27-14-17/h4-11,14H,13H2,1-3H3. The van der Waals surface area contributed by atoms with Crippen molar-refractivity contribution in [2.75, 3.05) is 0 Å². The molecule has 28 heavy (non-hydrogen) atoms. The molecular weight excluding hydrogens is 388 g/mol. The molecule has 0 amide bonds. The number of hydrogen-bond donors (Lipinski definition) is 0. The zero-order valence-electron chi connectivity index (χ0n) is 15.9. The molecule has 2 aromatic heterocycles. The number of carbonyl (C=O) groups is 1. The van der Waals surface area contributed by atoms with Crippen molar-refractivity contribution in [2.24, 2.45) is 5.41 Å². The Morgan fingerprint density at radius 2 is 1.93 bits per heavy atom. The number of carbonyl (C=O) groups excluding carboxylic acids is 1. The summed E-state index contributed by atoms with van der Waals surface area (Å²) in [6, 6.07) is 11.2. The van der Waals surface area contributed by atoms with Crippen LogP contribution in [-0.4, -0.2) is 10.4 Å². The first-order chi connectivity index (χ1) is 13.3. The number of thiophene rings is 1. The van der Waals surface area contributed by atoms with E-state index < -0.39 is 5.41 Å². The van der Waals surface area contributed by atoms with Crippen molar-refractivity contribution in [3.05, 3.63) is 77.3 Å². The van der Waals surface area contributed by atoms with Crippen LogP contribution in [0, 0.1) is 16.7 Å². The van der Waals surface area contributed by atoms with E-state index in [9.17, 15) is 9.59 Å². The van der Waals surface area contributed by atoms with Gasteiger partial charge in [-0.3, -0.25) is 14.2 Å². The predicted molar refractivity (Wildman–Crippen MR) is 115 cm³/mol. The maximum atomic E-state index is 13.0. The van der Waals surface area contributed by atoms with Gasteiger partial charge in [-0.25, -0.2) is 0 Å². The number of nitrogens with zero attached hydrogens (tertiary/aromatic N) is 2. The van der Waals surface area contributed by atoms with Crippen LogP contribution >= 0.6 is 22.7 Å². The van der Waals surface area contributed by atoms with Crippen molar-refractivity contribution in [3.8, 4) is 6.07 Å². The second-order valence-electron chi connectivity index (χ2n) is 7.46. The van der Waals surface area contributed by atoms with Gasteiger partial charge in [0.2, 0.25) is 0 Å². The van der Waals surface area contributed by atoms with Crippen LogP contribution in [-0.2, 0) is 11.3 Å². The van der Waals surface area contributed by atoms with E-state index in [1.54, 1.807) is 34.1 Å². The Labute approximate surface area is 171 Å². The van der Waals surface area contributed by atoms with Gasteiger partial charge in [-0.1, -0.05) is 32.9 Å². The highest BCUT2D eigenvalue weighted by atomic mass is 32.1. The number of thiazole rings is 1. The van der Waals surface area contributed by atoms with E-state index in [1.165, 1.54) is 11.3 Å². The molecule has 4 nitrogen and oxygen atoms in total. The number of nitriles is 1. The van der Waals surface area contributed by atoms with Crippen molar-refractivity contribution >= 4 is 40.6 Å². The second-order valence-corrected chi connectivity index (χ2v) is 9.31. The van der Waals surface area contributed by atoms with Crippen molar-refractivity contribution in [1.82, 2.24) is 4.57 Å². The largest absolute Gasteiger partial charge is 0.294 e. The van der Waals surface area contributed by atoms with Crippen LogP contribution in [0.5, 0.6) is 0 Å². The third-order valence-corrected chi connectivity index (χ3v) is 5.96. The lowest BCUT2D eigenvalue weighted by molar-refractivity contribution is -0.120. The zero-order chi connectivity index (χ0) is 20.3. The molecule has 0 saturated heterocycles. The Morgan fingerprint density at radius 3 is 2.50 bits per heavy atom. The predicted octanol–water partition coefficient (Wildman–Crippen LogP) is 3.12. The van der Waals surface area contributed by atoms with E-state index in [0.717, 1.165) is 11.1 Å². The van der Waals surface area contributed by atoms with Gasteiger partial charge < -0.3 is 0 Å². The topological polar surface area (TPSA) is 62.9 Å². The highest BCUT2D eigenvalue weighted by Gasteiger charge is 2.19. The average molecular weight is 409 g/mol. The number of ketones is 1. The molecule has 0 bridgehead atoms. The summed E-state index contributed by atoms with van der Waals surface area (Å²) < 4.78 is 2.87. The van der Waals surface area contributed by atoms with Gasteiger partial charge in [0.15, 0.2) is 5.78 Å². The van der Waals surface area contributed by atoms with Gasteiger partial charge in [0, 0.05) is 11.5 Å². The summed E-state index contributed by atoms with van der Waals surface area (Å²) in [5, 5.41) is 12.9. The monoisotopic (exact) mass is 408 g/mol. The van der Waals surface area contributed by atoms with E-state index in [0.29, 0.717) is 21.3 Å². The minimum Gasteiger partial charge on any atom is -0.294 e. The number of benzene rings is 1. The fourth-order valence-electron chi connectivity index (χ4n) is 2.50. The fraction of sp³-hybridized carbons (Fsp3) is 0.227. The minimum absolute atomic E-state index is 0.0237. The summed E-state index contributed by atoms with van der Waals surface area (Å²) in [5.41, 5.74) is 1.81. The molecule has 142 valence electrons. The lowest BCUT2D eigenvalue weighted by Crippen LogP contribution is -2.32. The molecular formula is C22H20N2O2S2. The van der Waals surface area contributed by atoms with Crippen LogP contribution in [0.3, 0.4) is 0 Å². The quantitative estimate of drug-likeness (QED) is 0.666. The van der Waals surface area contributed by atoms with Gasteiger partial charge in [0.1, 0.15) is 4.66 Å². The number of hydrogen-bond acceptors (Lipinski definition) is 5. The SMILES string of the molecule is CC(C)(C)C(=O)C=c1sc(=Cc2ccsc2)c(=O)n1Cc1ccc(C#N)cc1. The third kappa shape index (κ3) is 4.56. The molecule has 0 spiro atoms. The molecule has 0 aliphatic rings. The lowest BCUT2D eigenvalue weighted by Gasteiger charge is -2.13. The molecule has 0 radical (unpaired) electrons. The second kappa shape index (κ2) is 8.09. The van der Waals surface area contributed by atoms with Crippen LogP contribution in [0.2, 0.25) is 0 Å². The normalized spacial score (nSPS) is 12.9. The highest BCUT2D eigenvalue weighted by Crippen LogP contribution is 2.15. The summed E-state index contributed by atoms with van der Waals surface area (Å²) in [4.78, 5) is 25.6. The molecule has 6 heteroatoms. The van der Waals surface area contributed by atoms with Crippen molar-refractivity contribution in [3.63, 3.8) is 0 Å². The fourth-order valence-corrected chi connectivity index (χ4v) is 4.16. The first-order valence-electron chi connectivity index (χ1n) is 8.77. The van der Waals surface area contributed by atoms with E-state index in [-0.39, 0.29) is 11.3 Å². The van der Waals surface area contributed by atoms with Crippen LogP contribution < -0.4 is 14.8 Å². The van der Waals surface area contributed by atoms with Crippen molar-refractivity contribution < 1.29 is 4.79 Å². The van der Waals surface area contributed by atoms with Crippen LogP contribution in [0.1, 0.15) is 37.5 Å². The molecule has 0 saturated carbocycles. The molecule has 0 aliphatic carbocycles. The first-order valence-corrected chi connectivity index (χ1v) is 10.5. The van der Waals surface area contributed by atoms with Gasteiger partial charge in [-0.05, 0) is 46.2 Å². The van der Waals surface area contributed by atoms with Gasteiger partial charge in [0.05, 0.1) is 22.7 Å². The minimum atomic E-state index is -0.517. The van der Waals surface area contributed by atoms with Gasteiger partial charge in [-0.15, -0.1) is 11.3 Å². The molecule has 1 aromatic carbocycles. The molecule has 2 heterocycles. The van der Waals surface area contributed by atoms with Crippen LogP contribution in [0.4, 0.5) is 0 Å². The van der Waals surface area contributed by atoms with Crippen LogP contribution in [0.15, 0.2) is 45.9 Å². The summed E-state index contributed by atoms with van der Waals surface area (Å²) >= 11 is 2.90. The van der Waals surface area contributed by atoms with Crippen LogP contribution in [0.25, 0.3) is 12.2 Å². The Kier molecular flexibility index (Phi) is 5.78. The molecule has 0 unspecified atom stereocenters. The Morgan fingerprint density at radius 1 is 1.21 bits per heavy atom. The zero-order valence-corrected chi connectivity index (χ0v) is 17.6. The number of rotatable bonds is 4. The van der Waals surface area contributed by atoms with E-state index in [2.05, 4.69) is 6.07 Å².